The molecule has 1 saturated heterocycles. The third kappa shape index (κ3) is 3.33. The van der Waals surface area contributed by atoms with Crippen LogP contribution in [0.15, 0.2) is 18.5 Å². The molecule has 164 valence electrons. The normalized spacial score (nSPS) is 19.7. The van der Waals surface area contributed by atoms with Crippen LogP contribution in [-0.4, -0.2) is 54.2 Å². The fourth-order valence-corrected chi connectivity index (χ4v) is 6.68. The molecule has 1 aromatic carbocycles. The first-order valence-corrected chi connectivity index (χ1v) is 12.3. The molecule has 0 spiro atoms. The molecule has 1 amide bonds. The Morgan fingerprint density at radius 1 is 1.34 bits per heavy atom. The van der Waals surface area contributed by atoms with Crippen molar-refractivity contribution in [2.24, 2.45) is 5.92 Å². The van der Waals surface area contributed by atoms with Crippen LogP contribution in [0, 0.1) is 5.92 Å². The molecule has 0 radical (unpaired) electrons. The van der Waals surface area contributed by atoms with Crippen LogP contribution in [-0.2, 0) is 17.6 Å². The quantitative estimate of drug-likeness (QED) is 0.454. The highest BCUT2D eigenvalue weighted by Gasteiger charge is 2.42. The van der Waals surface area contributed by atoms with Crippen molar-refractivity contribution in [2.75, 3.05) is 18.4 Å². The molecule has 0 bridgehead atoms. The van der Waals surface area contributed by atoms with Gasteiger partial charge in [0.2, 0.25) is 5.91 Å². The lowest BCUT2D eigenvalue weighted by molar-refractivity contribution is -0.156. The number of carbonyl (C=O) groups is 1. The number of β-amino-alcohol motifs (C(OH)–C–C–N with tert-alkyl or cyclic N) is 1. The number of halogens is 1. The van der Waals surface area contributed by atoms with E-state index < -0.39 is 5.60 Å². The molecule has 2 N–H and O–H groups in total. The monoisotopic (exact) mass is 486 g/mol. The molecular weight excluding hydrogens is 468 g/mol. The van der Waals surface area contributed by atoms with E-state index in [1.54, 1.807) is 35.6 Å². The highest BCUT2D eigenvalue weighted by molar-refractivity contribution is 7.19. The average molecular weight is 487 g/mol. The summed E-state index contributed by atoms with van der Waals surface area (Å²) < 4.78 is 4.92. The molecule has 4 aromatic rings. The van der Waals surface area contributed by atoms with Crippen LogP contribution in [0.3, 0.4) is 0 Å². The number of nitrogens with zero attached hydrogens (tertiary/aromatic N) is 5. The zero-order chi connectivity index (χ0) is 22.0. The molecule has 1 fully saturated rings. The Bertz CT molecular complexity index is 1380. The minimum absolute atomic E-state index is 0.0493. The fourth-order valence-electron chi connectivity index (χ4n) is 4.63. The van der Waals surface area contributed by atoms with Crippen LogP contribution in [0.5, 0.6) is 0 Å². The second-order valence-corrected chi connectivity index (χ2v) is 11.0. The minimum atomic E-state index is -0.747. The highest BCUT2D eigenvalue weighted by Crippen LogP contribution is 2.42. The van der Waals surface area contributed by atoms with Crippen LogP contribution in [0.4, 0.5) is 11.5 Å². The van der Waals surface area contributed by atoms with Crippen molar-refractivity contribution in [3.05, 3.63) is 33.9 Å². The number of hydrogen-bond donors (Lipinski definition) is 2. The standard InChI is InChI=1S/C21H19ClN6O2S2/c1-21(30)7-28(8-21)20(29)10-2-3-11-15(4-10)31-19-17(11)18(23-9-24-19)25-13-6-16-14(5-12(13)22)26-27-32-16/h5-6,9-10,30H,2-4,7-8H2,1H3,(H,23,24,25)/t10-/m0/s1. The molecule has 2 aliphatic rings. The number of nitrogens with one attached hydrogen (secondary N) is 1. The highest BCUT2D eigenvalue weighted by atomic mass is 35.5. The number of benzene rings is 1. The SMILES string of the molecule is CC1(O)CN(C(=O)[C@H]2CCc3c(sc4ncnc(Nc5cc6snnc6cc5Cl)c34)C2)C1. The Morgan fingerprint density at radius 3 is 3.00 bits per heavy atom. The van der Waals surface area contributed by atoms with Crippen molar-refractivity contribution < 1.29 is 9.90 Å². The van der Waals surface area contributed by atoms with Gasteiger partial charge in [-0.05, 0) is 55.4 Å². The summed E-state index contributed by atoms with van der Waals surface area (Å²) in [4.78, 5) is 25.7. The van der Waals surface area contributed by atoms with Gasteiger partial charge >= 0.3 is 0 Å². The van der Waals surface area contributed by atoms with Crippen molar-refractivity contribution in [3.63, 3.8) is 0 Å². The van der Waals surface area contributed by atoms with Crippen molar-refractivity contribution in [1.29, 1.82) is 0 Å². The van der Waals surface area contributed by atoms with Gasteiger partial charge in [-0.3, -0.25) is 4.79 Å². The van der Waals surface area contributed by atoms with Crippen LogP contribution >= 0.6 is 34.5 Å². The summed E-state index contributed by atoms with van der Waals surface area (Å²) in [7, 11) is 0. The Hall–Kier alpha value is -2.40. The lowest BCUT2D eigenvalue weighted by Crippen LogP contribution is -2.63. The largest absolute Gasteiger partial charge is 0.386 e. The van der Waals surface area contributed by atoms with Gasteiger partial charge in [0.05, 0.1) is 39.5 Å². The number of carbonyl (C=O) groups excluding carboxylic acids is 1. The van der Waals surface area contributed by atoms with E-state index in [4.69, 9.17) is 11.6 Å². The molecular formula is C21H19ClN6O2S2. The Labute approximate surface area is 196 Å². The number of hydrogen-bond acceptors (Lipinski definition) is 9. The number of likely N-dealkylation sites (tertiary alicyclic amines) is 1. The molecule has 8 nitrogen and oxygen atoms in total. The molecule has 0 saturated carbocycles. The summed E-state index contributed by atoms with van der Waals surface area (Å²) in [5.41, 5.74) is 1.98. The van der Waals surface area contributed by atoms with E-state index in [1.165, 1.54) is 22.0 Å². The molecule has 1 aliphatic heterocycles. The zero-order valence-corrected chi connectivity index (χ0v) is 19.5. The van der Waals surface area contributed by atoms with E-state index in [0.717, 1.165) is 44.8 Å². The van der Waals surface area contributed by atoms with Gasteiger partial charge in [0.15, 0.2) is 0 Å². The van der Waals surface area contributed by atoms with Gasteiger partial charge in [0.25, 0.3) is 0 Å². The molecule has 6 rings (SSSR count). The molecule has 11 heteroatoms. The van der Waals surface area contributed by atoms with Crippen molar-refractivity contribution >= 4 is 72.3 Å². The first-order valence-electron chi connectivity index (χ1n) is 10.3. The lowest BCUT2D eigenvalue weighted by atomic mass is 9.85. The van der Waals surface area contributed by atoms with Gasteiger partial charge in [-0.25, -0.2) is 9.97 Å². The number of amides is 1. The van der Waals surface area contributed by atoms with E-state index in [-0.39, 0.29) is 11.8 Å². The number of aliphatic hydroxyl groups is 1. The zero-order valence-electron chi connectivity index (χ0n) is 17.1. The Kier molecular flexibility index (Phi) is 4.62. The van der Waals surface area contributed by atoms with Crippen LogP contribution in [0.25, 0.3) is 20.4 Å². The van der Waals surface area contributed by atoms with E-state index in [9.17, 15) is 9.90 Å². The van der Waals surface area contributed by atoms with Crippen LogP contribution < -0.4 is 5.32 Å². The number of fused-ring (bicyclic) bond motifs is 4. The van der Waals surface area contributed by atoms with Crippen molar-refractivity contribution in [1.82, 2.24) is 24.5 Å². The maximum absolute atomic E-state index is 12.9. The molecule has 4 heterocycles. The van der Waals surface area contributed by atoms with E-state index in [2.05, 4.69) is 24.9 Å². The number of aryl methyl sites for hydroxylation is 1. The van der Waals surface area contributed by atoms with Gasteiger partial charge in [-0.2, -0.15) is 0 Å². The van der Waals surface area contributed by atoms with E-state index in [1.807, 2.05) is 6.07 Å². The minimum Gasteiger partial charge on any atom is -0.386 e. The Morgan fingerprint density at radius 2 is 2.19 bits per heavy atom. The van der Waals surface area contributed by atoms with Crippen molar-refractivity contribution in [2.45, 2.75) is 31.8 Å². The molecule has 0 unspecified atom stereocenters. The predicted octanol–water partition coefficient (Wildman–Crippen LogP) is 3.79. The maximum Gasteiger partial charge on any atom is 0.226 e. The second-order valence-electron chi connectivity index (χ2n) is 8.73. The molecule has 32 heavy (non-hydrogen) atoms. The summed E-state index contributed by atoms with van der Waals surface area (Å²) in [6, 6.07) is 3.74. The van der Waals surface area contributed by atoms with E-state index in [0.29, 0.717) is 24.5 Å². The molecule has 3 aromatic heterocycles. The average Bonchev–Trinajstić information content (AvgIpc) is 3.35. The Balaban J connectivity index is 1.31. The third-order valence-electron chi connectivity index (χ3n) is 6.16. The maximum atomic E-state index is 12.9. The summed E-state index contributed by atoms with van der Waals surface area (Å²) >= 11 is 9.42. The summed E-state index contributed by atoms with van der Waals surface area (Å²) in [5.74, 6) is 0.809. The topological polar surface area (TPSA) is 104 Å². The van der Waals surface area contributed by atoms with Gasteiger partial charge < -0.3 is 15.3 Å². The molecule has 1 atom stereocenters. The summed E-state index contributed by atoms with van der Waals surface area (Å²) in [6.45, 7) is 2.60. The van der Waals surface area contributed by atoms with Crippen molar-refractivity contribution in [3.8, 4) is 0 Å². The van der Waals surface area contributed by atoms with Crippen LogP contribution in [0.2, 0.25) is 5.02 Å². The molecule has 1 aliphatic carbocycles. The smallest absolute Gasteiger partial charge is 0.226 e. The first kappa shape index (κ1) is 20.2. The van der Waals surface area contributed by atoms with Gasteiger partial charge in [-0.15, -0.1) is 16.4 Å². The predicted molar refractivity (Wildman–Crippen MR) is 126 cm³/mol. The van der Waals surface area contributed by atoms with E-state index >= 15 is 0 Å². The number of anilines is 2. The lowest BCUT2D eigenvalue weighted by Gasteiger charge is -2.45. The van der Waals surface area contributed by atoms with Gasteiger partial charge in [0.1, 0.15) is 22.5 Å². The first-order chi connectivity index (χ1) is 15.4. The van der Waals surface area contributed by atoms with Crippen LogP contribution in [0.1, 0.15) is 23.8 Å². The van der Waals surface area contributed by atoms with Gasteiger partial charge in [0, 0.05) is 10.8 Å². The fraction of sp³-hybridized carbons (Fsp3) is 0.381. The van der Waals surface area contributed by atoms with Gasteiger partial charge in [-0.1, -0.05) is 16.1 Å². The number of rotatable bonds is 3. The summed E-state index contributed by atoms with van der Waals surface area (Å²) in [6.07, 6.45) is 3.83. The number of thiophene rings is 1. The third-order valence-corrected chi connectivity index (χ3v) is 8.32. The second kappa shape index (κ2) is 7.31. The number of aromatic nitrogens is 4. The summed E-state index contributed by atoms with van der Waals surface area (Å²) in [5, 5.41) is 19.0.